The van der Waals surface area contributed by atoms with Crippen molar-refractivity contribution < 1.29 is 13.3 Å². The molecule has 6 heteroatoms. The van der Waals surface area contributed by atoms with Crippen molar-refractivity contribution in [3.8, 4) is 56.4 Å². The monoisotopic (exact) mass is 731 g/mol. The van der Waals surface area contributed by atoms with Crippen molar-refractivity contribution in [1.82, 2.24) is 15.0 Å². The molecule has 0 spiro atoms. The van der Waals surface area contributed by atoms with Gasteiger partial charge in [-0.3, -0.25) is 0 Å². The molecule has 0 unspecified atom stereocenters. The van der Waals surface area contributed by atoms with E-state index in [1.54, 1.807) is 0 Å². The zero-order valence-corrected chi connectivity index (χ0v) is 30.3. The standard InChI is InChI=1S/C51H29N3O3/c1-2-11-31(12-3-1)49-52-50(54-51(53-49)41-17-10-16-39-37-14-5-8-19-43(37)56-47(39)41)32-23-21-30(22-24-32)34-27-28-35(48-46(34)40-15-6-9-20-44(40)57-48)33-25-26-38-36-13-4-7-18-42(36)55-45(38)29-33/h1-29H. The van der Waals surface area contributed by atoms with Gasteiger partial charge in [0.25, 0.3) is 0 Å². The highest BCUT2D eigenvalue weighted by Gasteiger charge is 2.20. The zero-order valence-electron chi connectivity index (χ0n) is 30.3. The van der Waals surface area contributed by atoms with Crippen molar-refractivity contribution in [2.75, 3.05) is 0 Å². The van der Waals surface area contributed by atoms with E-state index in [4.69, 9.17) is 28.2 Å². The van der Waals surface area contributed by atoms with Gasteiger partial charge in [-0.15, -0.1) is 0 Å². The highest BCUT2D eigenvalue weighted by molar-refractivity contribution is 6.17. The first-order chi connectivity index (χ1) is 28.2. The molecule has 4 heterocycles. The molecule has 0 amide bonds. The number of hydrogen-bond donors (Lipinski definition) is 0. The molecule has 0 aliphatic heterocycles. The van der Waals surface area contributed by atoms with Gasteiger partial charge in [0, 0.05) is 49.0 Å². The zero-order chi connectivity index (χ0) is 37.5. The van der Waals surface area contributed by atoms with Crippen LogP contribution in [0.2, 0.25) is 0 Å². The summed E-state index contributed by atoms with van der Waals surface area (Å²) in [4.78, 5) is 15.1. The highest BCUT2D eigenvalue weighted by Crippen LogP contribution is 2.43. The van der Waals surface area contributed by atoms with Gasteiger partial charge in [0.05, 0.1) is 5.56 Å². The first-order valence-electron chi connectivity index (χ1n) is 18.9. The van der Waals surface area contributed by atoms with E-state index in [1.807, 2.05) is 91.0 Å². The highest BCUT2D eigenvalue weighted by atomic mass is 16.3. The Kier molecular flexibility index (Phi) is 6.83. The van der Waals surface area contributed by atoms with E-state index in [2.05, 4.69) is 84.9 Å². The molecule has 4 aromatic heterocycles. The molecule has 0 saturated heterocycles. The Morgan fingerprint density at radius 1 is 0.281 bits per heavy atom. The van der Waals surface area contributed by atoms with Gasteiger partial charge in [0.15, 0.2) is 17.5 Å². The van der Waals surface area contributed by atoms with Crippen LogP contribution in [-0.2, 0) is 0 Å². The number of hydrogen-bond acceptors (Lipinski definition) is 6. The quantitative estimate of drug-likeness (QED) is 0.175. The summed E-state index contributed by atoms with van der Waals surface area (Å²) in [7, 11) is 0. The molecule has 0 aliphatic rings. The number of nitrogens with zero attached hydrogens (tertiary/aromatic N) is 3. The Labute approximate surface area is 325 Å². The lowest BCUT2D eigenvalue weighted by Crippen LogP contribution is -2.00. The molecule has 0 aliphatic carbocycles. The van der Waals surface area contributed by atoms with Gasteiger partial charge in [-0.1, -0.05) is 133 Å². The average molecular weight is 732 g/mol. The molecule has 0 saturated carbocycles. The first-order valence-corrected chi connectivity index (χ1v) is 18.9. The van der Waals surface area contributed by atoms with Crippen molar-refractivity contribution in [2.24, 2.45) is 0 Å². The third-order valence-electron chi connectivity index (χ3n) is 11.0. The molecular weight excluding hydrogens is 703 g/mol. The van der Waals surface area contributed by atoms with Crippen LogP contribution in [0.15, 0.2) is 189 Å². The van der Waals surface area contributed by atoms with Crippen LogP contribution >= 0.6 is 0 Å². The Balaban J connectivity index is 0.989. The molecule has 0 atom stereocenters. The Morgan fingerprint density at radius 2 is 0.807 bits per heavy atom. The van der Waals surface area contributed by atoms with E-state index >= 15 is 0 Å². The number of furan rings is 3. The first kappa shape index (κ1) is 31.5. The largest absolute Gasteiger partial charge is 0.456 e. The van der Waals surface area contributed by atoms with Crippen LogP contribution in [0.5, 0.6) is 0 Å². The molecule has 0 bridgehead atoms. The maximum absolute atomic E-state index is 6.66. The maximum atomic E-state index is 6.66. The van der Waals surface area contributed by atoms with Crippen LogP contribution in [0.3, 0.4) is 0 Å². The molecule has 0 N–H and O–H groups in total. The normalized spacial score (nSPS) is 11.9. The second kappa shape index (κ2) is 12.3. The number of aromatic nitrogens is 3. The van der Waals surface area contributed by atoms with Crippen LogP contribution in [-0.4, -0.2) is 15.0 Å². The van der Waals surface area contributed by atoms with Gasteiger partial charge in [0.2, 0.25) is 0 Å². The number of para-hydroxylation sites is 4. The van der Waals surface area contributed by atoms with Crippen molar-refractivity contribution in [3.63, 3.8) is 0 Å². The van der Waals surface area contributed by atoms with Gasteiger partial charge in [-0.25, -0.2) is 15.0 Å². The van der Waals surface area contributed by atoms with Crippen molar-refractivity contribution in [2.45, 2.75) is 0 Å². The lowest BCUT2D eigenvalue weighted by Gasteiger charge is -2.11. The van der Waals surface area contributed by atoms with Gasteiger partial charge < -0.3 is 13.3 Å². The summed E-state index contributed by atoms with van der Waals surface area (Å²) in [5.41, 5.74) is 11.8. The van der Waals surface area contributed by atoms with Gasteiger partial charge >= 0.3 is 0 Å². The van der Waals surface area contributed by atoms with Crippen LogP contribution in [0.25, 0.3) is 122 Å². The molecular formula is C51H29N3O3. The topological polar surface area (TPSA) is 78.1 Å². The summed E-state index contributed by atoms with van der Waals surface area (Å²) in [5.74, 6) is 1.72. The summed E-state index contributed by atoms with van der Waals surface area (Å²) in [5, 5.41) is 6.41. The Hall–Kier alpha value is -7.83. The summed E-state index contributed by atoms with van der Waals surface area (Å²) in [6.07, 6.45) is 0. The fourth-order valence-electron chi connectivity index (χ4n) is 8.25. The lowest BCUT2D eigenvalue weighted by atomic mass is 9.94. The molecule has 12 aromatic rings. The van der Waals surface area contributed by atoms with Crippen LogP contribution in [0.4, 0.5) is 0 Å². The van der Waals surface area contributed by atoms with Crippen molar-refractivity contribution in [3.05, 3.63) is 176 Å². The average Bonchev–Trinajstić information content (AvgIpc) is 3.98. The number of benzene rings is 8. The third-order valence-corrected chi connectivity index (χ3v) is 11.0. The molecule has 12 rings (SSSR count). The van der Waals surface area contributed by atoms with Crippen LogP contribution in [0, 0.1) is 0 Å². The number of fused-ring (bicyclic) bond motifs is 9. The second-order valence-corrected chi connectivity index (χ2v) is 14.3. The van der Waals surface area contributed by atoms with Crippen LogP contribution in [0.1, 0.15) is 0 Å². The fraction of sp³-hybridized carbons (Fsp3) is 0. The Bertz CT molecular complexity index is 3520. The van der Waals surface area contributed by atoms with Gasteiger partial charge in [-0.2, -0.15) is 0 Å². The van der Waals surface area contributed by atoms with Crippen LogP contribution < -0.4 is 0 Å². The molecule has 6 nitrogen and oxygen atoms in total. The predicted molar refractivity (Wildman–Crippen MR) is 229 cm³/mol. The molecule has 0 fully saturated rings. The predicted octanol–water partition coefficient (Wildman–Crippen LogP) is 13.9. The van der Waals surface area contributed by atoms with E-state index in [-0.39, 0.29) is 0 Å². The third kappa shape index (κ3) is 5.01. The SMILES string of the molecule is c1ccc(-c2nc(-c3ccc(-c4ccc(-c5ccc6c(c5)oc5ccccc56)c5oc6ccccc6c45)cc3)nc(-c3cccc4c3oc3ccccc34)n2)cc1. The minimum atomic E-state index is 0.551. The second-order valence-electron chi connectivity index (χ2n) is 14.3. The summed E-state index contributed by atoms with van der Waals surface area (Å²) >= 11 is 0. The molecule has 57 heavy (non-hydrogen) atoms. The minimum Gasteiger partial charge on any atom is -0.456 e. The van der Waals surface area contributed by atoms with E-state index in [9.17, 15) is 0 Å². The summed E-state index contributed by atoms with van der Waals surface area (Å²) < 4.78 is 19.3. The number of rotatable bonds is 5. The van der Waals surface area contributed by atoms with Gasteiger partial charge in [-0.05, 0) is 59.2 Å². The summed E-state index contributed by atoms with van der Waals surface area (Å²) in [6, 6.07) is 59.8. The van der Waals surface area contributed by atoms with E-state index < -0.39 is 0 Å². The lowest BCUT2D eigenvalue weighted by molar-refractivity contribution is 0.668. The molecule has 8 aromatic carbocycles. The van der Waals surface area contributed by atoms with E-state index in [1.165, 1.54) is 0 Å². The smallest absolute Gasteiger partial charge is 0.167 e. The van der Waals surface area contributed by atoms with E-state index in [0.29, 0.717) is 17.5 Å². The maximum Gasteiger partial charge on any atom is 0.167 e. The van der Waals surface area contributed by atoms with Crippen molar-refractivity contribution >= 4 is 65.8 Å². The van der Waals surface area contributed by atoms with Gasteiger partial charge in [0.1, 0.15) is 33.5 Å². The molecule has 0 radical (unpaired) electrons. The minimum absolute atomic E-state index is 0.551. The van der Waals surface area contributed by atoms with Crippen molar-refractivity contribution in [1.29, 1.82) is 0 Å². The summed E-state index contributed by atoms with van der Waals surface area (Å²) in [6.45, 7) is 0. The fourth-order valence-corrected chi connectivity index (χ4v) is 8.25. The molecule has 266 valence electrons. The Morgan fingerprint density at radius 3 is 1.58 bits per heavy atom. The van der Waals surface area contributed by atoms with E-state index in [0.717, 1.165) is 105 Å².